The molecule has 0 unspecified atom stereocenters. The predicted octanol–water partition coefficient (Wildman–Crippen LogP) is 3.11. The van der Waals surface area contributed by atoms with Gasteiger partial charge >= 0.3 is 11.9 Å². The van der Waals surface area contributed by atoms with E-state index in [-0.39, 0.29) is 12.8 Å². The Morgan fingerprint density at radius 2 is 1.94 bits per heavy atom. The third-order valence-electron chi connectivity index (χ3n) is 2.48. The number of carbonyl (C=O) groups excluding carboxylic acids is 1. The second-order valence-corrected chi connectivity index (χ2v) is 4.56. The van der Waals surface area contributed by atoms with Crippen LogP contribution in [0.15, 0.2) is 18.2 Å². The van der Waals surface area contributed by atoms with Crippen LogP contribution in [0.25, 0.3) is 0 Å². The van der Waals surface area contributed by atoms with Crippen LogP contribution in [0.5, 0.6) is 0 Å². The van der Waals surface area contributed by atoms with Crippen LogP contribution in [0.4, 0.5) is 0 Å². The van der Waals surface area contributed by atoms with Crippen molar-refractivity contribution in [3.63, 3.8) is 0 Å². The first-order valence-corrected chi connectivity index (χ1v) is 5.93. The maximum atomic E-state index is 11.3. The summed E-state index contributed by atoms with van der Waals surface area (Å²) < 4.78 is 4.55. The molecule has 6 heteroatoms. The van der Waals surface area contributed by atoms with Gasteiger partial charge in [-0.1, -0.05) is 29.3 Å². The van der Waals surface area contributed by atoms with Gasteiger partial charge in [0, 0.05) is 5.92 Å². The molecular formula is C12H12Cl2O4. The summed E-state index contributed by atoms with van der Waals surface area (Å²) in [5.41, 5.74) is 0.650. The van der Waals surface area contributed by atoms with Crippen molar-refractivity contribution in [1.29, 1.82) is 0 Å². The van der Waals surface area contributed by atoms with Crippen LogP contribution in [0, 0.1) is 0 Å². The molecule has 0 aromatic heterocycles. The van der Waals surface area contributed by atoms with Crippen molar-refractivity contribution in [1.82, 2.24) is 0 Å². The van der Waals surface area contributed by atoms with E-state index in [0.717, 1.165) is 0 Å². The van der Waals surface area contributed by atoms with Gasteiger partial charge in [0.05, 0.1) is 30.0 Å². The van der Waals surface area contributed by atoms with Gasteiger partial charge in [0.25, 0.3) is 0 Å². The van der Waals surface area contributed by atoms with Crippen LogP contribution in [-0.2, 0) is 14.3 Å². The van der Waals surface area contributed by atoms with Gasteiger partial charge < -0.3 is 9.84 Å². The molecule has 0 spiro atoms. The van der Waals surface area contributed by atoms with Crippen LogP contribution < -0.4 is 0 Å². The van der Waals surface area contributed by atoms with Crippen molar-refractivity contribution in [2.45, 2.75) is 18.8 Å². The molecule has 0 saturated heterocycles. The van der Waals surface area contributed by atoms with Gasteiger partial charge in [-0.25, -0.2) is 0 Å². The lowest BCUT2D eigenvalue weighted by molar-refractivity contribution is -0.141. The van der Waals surface area contributed by atoms with Crippen molar-refractivity contribution < 1.29 is 19.4 Å². The Morgan fingerprint density at radius 3 is 2.44 bits per heavy atom. The SMILES string of the molecule is COC(=O)C[C@@H](CC(=O)O)c1ccc(Cl)c(Cl)c1. The molecular weight excluding hydrogens is 279 g/mol. The number of rotatable bonds is 5. The molecule has 0 fully saturated rings. The second kappa shape index (κ2) is 6.61. The summed E-state index contributed by atoms with van der Waals surface area (Å²) in [6.45, 7) is 0. The zero-order valence-electron chi connectivity index (χ0n) is 9.65. The summed E-state index contributed by atoms with van der Waals surface area (Å²) in [4.78, 5) is 22.0. The number of methoxy groups -OCH3 is 1. The van der Waals surface area contributed by atoms with Gasteiger partial charge in [-0.15, -0.1) is 0 Å². The average Bonchev–Trinajstić information content (AvgIpc) is 2.31. The molecule has 0 radical (unpaired) electrons. The number of aliphatic carboxylic acids is 1. The molecule has 1 atom stereocenters. The van der Waals surface area contributed by atoms with E-state index in [0.29, 0.717) is 15.6 Å². The van der Waals surface area contributed by atoms with Crippen LogP contribution >= 0.6 is 23.2 Å². The molecule has 0 heterocycles. The Balaban J connectivity index is 2.96. The minimum Gasteiger partial charge on any atom is -0.481 e. The zero-order chi connectivity index (χ0) is 13.7. The Labute approximate surface area is 114 Å². The van der Waals surface area contributed by atoms with Crippen molar-refractivity contribution in [2.24, 2.45) is 0 Å². The van der Waals surface area contributed by atoms with Gasteiger partial charge in [-0.05, 0) is 17.7 Å². The van der Waals surface area contributed by atoms with Crippen LogP contribution in [0.3, 0.4) is 0 Å². The fourth-order valence-corrected chi connectivity index (χ4v) is 1.88. The second-order valence-electron chi connectivity index (χ2n) is 3.75. The summed E-state index contributed by atoms with van der Waals surface area (Å²) >= 11 is 11.7. The Bertz CT molecular complexity index is 459. The summed E-state index contributed by atoms with van der Waals surface area (Å²) in [6, 6.07) is 4.80. The fourth-order valence-electron chi connectivity index (χ4n) is 1.57. The number of carbonyl (C=O) groups is 2. The minimum atomic E-state index is -0.991. The number of carboxylic acid groups (broad SMARTS) is 1. The van der Waals surface area contributed by atoms with E-state index in [4.69, 9.17) is 28.3 Å². The number of carboxylic acids is 1. The third-order valence-corrected chi connectivity index (χ3v) is 3.22. The van der Waals surface area contributed by atoms with E-state index in [9.17, 15) is 9.59 Å². The number of ether oxygens (including phenoxy) is 1. The van der Waals surface area contributed by atoms with Gasteiger partial charge in [0.1, 0.15) is 0 Å². The van der Waals surface area contributed by atoms with Gasteiger partial charge in [0.15, 0.2) is 0 Å². The molecule has 1 aromatic rings. The van der Waals surface area contributed by atoms with E-state index in [1.807, 2.05) is 0 Å². The number of esters is 1. The first kappa shape index (κ1) is 14.8. The molecule has 0 aliphatic heterocycles. The highest BCUT2D eigenvalue weighted by molar-refractivity contribution is 6.42. The van der Waals surface area contributed by atoms with Crippen molar-refractivity contribution in [3.05, 3.63) is 33.8 Å². The standard InChI is InChI=1S/C12H12Cl2O4/c1-18-12(17)6-8(5-11(15)16)7-2-3-9(13)10(14)4-7/h2-4,8H,5-6H2,1H3,(H,15,16)/t8-/m1/s1. The van der Waals surface area contributed by atoms with Gasteiger partial charge in [-0.3, -0.25) is 9.59 Å². The molecule has 0 amide bonds. The van der Waals surface area contributed by atoms with Gasteiger partial charge in [-0.2, -0.15) is 0 Å². The topological polar surface area (TPSA) is 63.6 Å². The monoisotopic (exact) mass is 290 g/mol. The molecule has 0 aliphatic carbocycles. The number of halogens is 2. The fraction of sp³-hybridized carbons (Fsp3) is 0.333. The quantitative estimate of drug-likeness (QED) is 0.847. The Morgan fingerprint density at radius 1 is 1.28 bits per heavy atom. The highest BCUT2D eigenvalue weighted by Gasteiger charge is 2.20. The predicted molar refractivity (Wildman–Crippen MR) is 68.1 cm³/mol. The number of hydrogen-bond donors (Lipinski definition) is 1. The van der Waals surface area contributed by atoms with E-state index in [1.165, 1.54) is 7.11 Å². The highest BCUT2D eigenvalue weighted by atomic mass is 35.5. The molecule has 1 rings (SSSR count). The molecule has 0 aliphatic rings. The van der Waals surface area contributed by atoms with Gasteiger partial charge in [0.2, 0.25) is 0 Å². The lowest BCUT2D eigenvalue weighted by Crippen LogP contribution is -2.12. The van der Waals surface area contributed by atoms with Crippen LogP contribution in [-0.4, -0.2) is 24.2 Å². The van der Waals surface area contributed by atoms with E-state index >= 15 is 0 Å². The number of benzene rings is 1. The minimum absolute atomic E-state index is 0.0131. The van der Waals surface area contributed by atoms with Crippen molar-refractivity contribution >= 4 is 35.1 Å². The zero-order valence-corrected chi connectivity index (χ0v) is 11.2. The molecule has 18 heavy (non-hydrogen) atoms. The lowest BCUT2D eigenvalue weighted by Gasteiger charge is -2.14. The van der Waals surface area contributed by atoms with Crippen molar-refractivity contribution in [3.8, 4) is 0 Å². The van der Waals surface area contributed by atoms with Crippen LogP contribution in [0.1, 0.15) is 24.3 Å². The normalized spacial score (nSPS) is 11.9. The van der Waals surface area contributed by atoms with E-state index in [2.05, 4.69) is 4.74 Å². The largest absolute Gasteiger partial charge is 0.481 e. The summed E-state index contributed by atoms with van der Waals surface area (Å²) in [7, 11) is 1.26. The molecule has 0 bridgehead atoms. The first-order valence-electron chi connectivity index (χ1n) is 5.17. The summed E-state index contributed by atoms with van der Waals surface area (Å²) in [5.74, 6) is -1.94. The molecule has 1 N–H and O–H groups in total. The van der Waals surface area contributed by atoms with Crippen molar-refractivity contribution in [2.75, 3.05) is 7.11 Å². The maximum absolute atomic E-state index is 11.3. The van der Waals surface area contributed by atoms with Crippen LogP contribution in [0.2, 0.25) is 10.0 Å². The lowest BCUT2D eigenvalue weighted by atomic mass is 9.92. The molecule has 1 aromatic carbocycles. The Hall–Kier alpha value is -1.26. The highest BCUT2D eigenvalue weighted by Crippen LogP contribution is 2.30. The first-order chi connectivity index (χ1) is 8.43. The average molecular weight is 291 g/mol. The molecule has 0 saturated carbocycles. The Kier molecular flexibility index (Phi) is 5.44. The smallest absolute Gasteiger partial charge is 0.306 e. The molecule has 98 valence electrons. The maximum Gasteiger partial charge on any atom is 0.306 e. The third kappa shape index (κ3) is 4.20. The summed E-state index contributed by atoms with van der Waals surface area (Å²) in [6.07, 6.45) is -0.187. The number of hydrogen-bond acceptors (Lipinski definition) is 3. The molecule has 4 nitrogen and oxygen atoms in total. The van der Waals surface area contributed by atoms with E-state index in [1.54, 1.807) is 18.2 Å². The van der Waals surface area contributed by atoms with E-state index < -0.39 is 17.9 Å². The summed E-state index contributed by atoms with van der Waals surface area (Å²) in [5, 5.41) is 9.55.